The highest BCUT2D eigenvalue weighted by Gasteiger charge is 2.20. The third-order valence-electron chi connectivity index (χ3n) is 2.39. The van der Waals surface area contributed by atoms with Gasteiger partial charge in [0, 0.05) is 12.0 Å². The van der Waals surface area contributed by atoms with E-state index in [4.69, 9.17) is 5.11 Å². The largest absolute Gasteiger partial charge is 0.479 e. The van der Waals surface area contributed by atoms with Gasteiger partial charge in [0.1, 0.15) is 11.5 Å². The van der Waals surface area contributed by atoms with Crippen LogP contribution in [0.2, 0.25) is 0 Å². The van der Waals surface area contributed by atoms with Gasteiger partial charge in [-0.25, -0.2) is 4.79 Å². The molecule has 1 aromatic carbocycles. The molecule has 8 heteroatoms. The molecule has 0 aliphatic rings. The minimum absolute atomic E-state index is 0.0562. The fraction of sp³-hybridized carbons (Fsp3) is 0.333. The summed E-state index contributed by atoms with van der Waals surface area (Å²) in [6.07, 6.45) is -1.99. The predicted molar refractivity (Wildman–Crippen MR) is 68.2 cm³/mol. The summed E-state index contributed by atoms with van der Waals surface area (Å²) < 4.78 is 28.9. The van der Waals surface area contributed by atoms with E-state index >= 15 is 0 Å². The average Bonchev–Trinajstić information content (AvgIpc) is 2.38. The lowest BCUT2D eigenvalue weighted by Crippen LogP contribution is -2.13. The number of alkyl halides is 3. The molecule has 20 heavy (non-hydrogen) atoms. The molecule has 1 unspecified atom stereocenters. The van der Waals surface area contributed by atoms with Crippen molar-refractivity contribution in [2.75, 3.05) is 5.33 Å². The van der Waals surface area contributed by atoms with E-state index in [-0.39, 0.29) is 34.4 Å². The summed E-state index contributed by atoms with van der Waals surface area (Å²) in [6, 6.07) is 3.51. The molecule has 0 bridgehead atoms. The molecule has 5 nitrogen and oxygen atoms in total. The second-order valence-electron chi connectivity index (χ2n) is 3.84. The summed E-state index contributed by atoms with van der Waals surface area (Å²) in [5, 5.41) is 18.1. The van der Waals surface area contributed by atoms with Crippen LogP contribution in [0.5, 0.6) is 5.75 Å². The minimum Gasteiger partial charge on any atom is -0.479 e. The predicted octanol–water partition coefficient (Wildman–Crippen LogP) is 1.91. The van der Waals surface area contributed by atoms with Gasteiger partial charge in [-0.05, 0) is 11.6 Å². The van der Waals surface area contributed by atoms with Gasteiger partial charge in [-0.2, -0.15) is 8.78 Å². The summed E-state index contributed by atoms with van der Waals surface area (Å²) in [7, 11) is 0. The minimum atomic E-state index is -3.12. The zero-order chi connectivity index (χ0) is 15.3. The number of hydrogen-bond acceptors (Lipinski definition) is 4. The summed E-state index contributed by atoms with van der Waals surface area (Å²) in [4.78, 5) is 22.0. The lowest BCUT2D eigenvalue weighted by Gasteiger charge is -2.13. The zero-order valence-corrected chi connectivity index (χ0v) is 11.6. The number of ether oxygens (including phenoxy) is 1. The van der Waals surface area contributed by atoms with Crippen LogP contribution >= 0.6 is 15.9 Å². The Morgan fingerprint density at radius 1 is 1.35 bits per heavy atom. The van der Waals surface area contributed by atoms with Crippen LogP contribution in [0.15, 0.2) is 18.2 Å². The number of carbonyl (C=O) groups excluding carboxylic acids is 1. The lowest BCUT2D eigenvalue weighted by atomic mass is 10.0. The molecule has 0 aliphatic carbocycles. The van der Waals surface area contributed by atoms with Crippen molar-refractivity contribution < 1.29 is 33.3 Å². The lowest BCUT2D eigenvalue weighted by molar-refractivity contribution is -0.147. The number of Topliss-reactive ketones (excluding diaryl/α,β-unsaturated/α-hetero) is 1. The SMILES string of the molecule is O=C(CBr)Cc1ccc(C(O)C(=O)O)cc1OC(F)F. The van der Waals surface area contributed by atoms with E-state index < -0.39 is 18.7 Å². The number of benzene rings is 1. The Labute approximate surface area is 121 Å². The monoisotopic (exact) mass is 352 g/mol. The molecule has 1 aromatic rings. The Morgan fingerprint density at radius 3 is 2.50 bits per heavy atom. The number of carboxylic acids is 1. The van der Waals surface area contributed by atoms with Gasteiger partial charge in [0.25, 0.3) is 0 Å². The van der Waals surface area contributed by atoms with Gasteiger partial charge in [-0.15, -0.1) is 0 Å². The molecule has 0 radical (unpaired) electrons. The molecule has 0 spiro atoms. The second kappa shape index (κ2) is 7.30. The van der Waals surface area contributed by atoms with Gasteiger partial charge in [-0.1, -0.05) is 28.1 Å². The van der Waals surface area contributed by atoms with Crippen LogP contribution in [-0.4, -0.2) is 33.9 Å². The number of aliphatic hydroxyl groups excluding tert-OH is 1. The Kier molecular flexibility index (Phi) is 6.03. The molecular weight excluding hydrogens is 342 g/mol. The fourth-order valence-electron chi connectivity index (χ4n) is 1.50. The number of carbonyl (C=O) groups is 2. The van der Waals surface area contributed by atoms with Gasteiger partial charge in [0.15, 0.2) is 6.10 Å². The van der Waals surface area contributed by atoms with Crippen LogP contribution in [0.1, 0.15) is 17.2 Å². The topological polar surface area (TPSA) is 83.8 Å². The molecule has 0 heterocycles. The first kappa shape index (κ1) is 16.5. The first-order valence-corrected chi connectivity index (χ1v) is 6.53. The molecule has 110 valence electrons. The number of hydrogen-bond donors (Lipinski definition) is 2. The third-order valence-corrected chi connectivity index (χ3v) is 3.02. The van der Waals surface area contributed by atoms with E-state index in [2.05, 4.69) is 20.7 Å². The maximum absolute atomic E-state index is 12.3. The van der Waals surface area contributed by atoms with E-state index in [9.17, 15) is 23.5 Å². The molecule has 0 saturated heterocycles. The quantitative estimate of drug-likeness (QED) is 0.732. The van der Waals surface area contributed by atoms with Crippen LogP contribution < -0.4 is 4.74 Å². The smallest absolute Gasteiger partial charge is 0.387 e. The van der Waals surface area contributed by atoms with Gasteiger partial charge >= 0.3 is 12.6 Å². The number of rotatable bonds is 7. The van der Waals surface area contributed by atoms with Crippen LogP contribution in [0.25, 0.3) is 0 Å². The molecule has 0 fully saturated rings. The molecule has 1 rings (SSSR count). The molecule has 1 atom stereocenters. The highest BCUT2D eigenvalue weighted by molar-refractivity contribution is 9.09. The number of halogens is 3. The van der Waals surface area contributed by atoms with Crippen molar-refractivity contribution in [2.24, 2.45) is 0 Å². The highest BCUT2D eigenvalue weighted by atomic mass is 79.9. The maximum Gasteiger partial charge on any atom is 0.387 e. The molecule has 0 saturated carbocycles. The van der Waals surface area contributed by atoms with Crippen LogP contribution in [0.4, 0.5) is 8.78 Å². The fourth-order valence-corrected chi connectivity index (χ4v) is 1.69. The maximum atomic E-state index is 12.3. The summed E-state index contributed by atoms with van der Waals surface area (Å²) >= 11 is 2.95. The summed E-state index contributed by atoms with van der Waals surface area (Å²) in [6.45, 7) is -3.12. The first-order valence-electron chi connectivity index (χ1n) is 5.41. The van der Waals surface area contributed by atoms with Crippen molar-refractivity contribution in [1.82, 2.24) is 0 Å². The number of ketones is 1. The van der Waals surface area contributed by atoms with Gasteiger partial charge in [0.05, 0.1) is 5.33 Å². The van der Waals surface area contributed by atoms with Crippen molar-refractivity contribution in [2.45, 2.75) is 19.1 Å². The Morgan fingerprint density at radius 2 is 2.00 bits per heavy atom. The van der Waals surface area contributed by atoms with Gasteiger partial charge in [-0.3, -0.25) is 4.79 Å². The molecular formula is C12H11BrF2O5. The first-order chi connectivity index (χ1) is 9.35. The normalized spacial score (nSPS) is 12.2. The van der Waals surface area contributed by atoms with Crippen molar-refractivity contribution in [1.29, 1.82) is 0 Å². The van der Waals surface area contributed by atoms with E-state index in [0.717, 1.165) is 6.07 Å². The summed E-state index contributed by atoms with van der Waals surface area (Å²) in [5.74, 6) is -2.10. The Hall–Kier alpha value is -1.54. The summed E-state index contributed by atoms with van der Waals surface area (Å²) in [5.41, 5.74) is 0.0827. The number of carboxylic acid groups (broad SMARTS) is 1. The van der Waals surface area contributed by atoms with E-state index in [1.165, 1.54) is 12.1 Å². The van der Waals surface area contributed by atoms with E-state index in [0.29, 0.717) is 0 Å². The van der Waals surface area contributed by atoms with Crippen LogP contribution in [0, 0.1) is 0 Å². The van der Waals surface area contributed by atoms with Crippen LogP contribution in [-0.2, 0) is 16.0 Å². The van der Waals surface area contributed by atoms with Crippen molar-refractivity contribution >= 4 is 27.7 Å². The van der Waals surface area contributed by atoms with E-state index in [1.54, 1.807) is 0 Å². The van der Waals surface area contributed by atoms with Crippen molar-refractivity contribution in [3.05, 3.63) is 29.3 Å². The zero-order valence-electron chi connectivity index (χ0n) is 10.1. The Balaban J connectivity index is 3.12. The molecule has 0 aliphatic heterocycles. The Bertz CT molecular complexity index is 507. The third kappa shape index (κ3) is 4.53. The van der Waals surface area contributed by atoms with Crippen molar-refractivity contribution in [3.8, 4) is 5.75 Å². The second-order valence-corrected chi connectivity index (χ2v) is 4.40. The highest BCUT2D eigenvalue weighted by Crippen LogP contribution is 2.26. The van der Waals surface area contributed by atoms with E-state index in [1.807, 2.05) is 0 Å². The van der Waals surface area contributed by atoms with Crippen LogP contribution in [0.3, 0.4) is 0 Å². The van der Waals surface area contributed by atoms with Gasteiger partial charge < -0.3 is 14.9 Å². The number of aliphatic carboxylic acids is 1. The van der Waals surface area contributed by atoms with Gasteiger partial charge in [0.2, 0.25) is 0 Å². The molecule has 2 N–H and O–H groups in total. The van der Waals surface area contributed by atoms with Crippen molar-refractivity contribution in [3.63, 3.8) is 0 Å². The average molecular weight is 353 g/mol. The number of aliphatic hydroxyl groups is 1. The standard InChI is InChI=1S/C12H11BrF2O5/c13-5-8(16)3-6-1-2-7(10(17)11(18)19)4-9(6)20-12(14)15/h1-2,4,10,12,17H,3,5H2,(H,18,19). The molecule has 0 amide bonds. The molecule has 0 aromatic heterocycles.